The molecule has 2 saturated heterocycles. The van der Waals surface area contributed by atoms with Crippen LogP contribution in [-0.4, -0.2) is 59.6 Å². The van der Waals surface area contributed by atoms with Crippen molar-refractivity contribution in [1.29, 1.82) is 0 Å². The van der Waals surface area contributed by atoms with E-state index in [1.165, 1.54) is 6.42 Å². The Morgan fingerprint density at radius 2 is 1.88 bits per heavy atom. The van der Waals surface area contributed by atoms with Gasteiger partial charge in [-0.15, -0.1) is 0 Å². The first-order valence-electron chi connectivity index (χ1n) is 12.3. The summed E-state index contributed by atoms with van der Waals surface area (Å²) in [5.41, 5.74) is 0.280. The van der Waals surface area contributed by atoms with Gasteiger partial charge in [-0.25, -0.2) is 0 Å². The second-order valence-electron chi connectivity index (χ2n) is 9.97. The van der Waals surface area contributed by atoms with Gasteiger partial charge < -0.3 is 19.1 Å². The zero-order chi connectivity index (χ0) is 24.1. The van der Waals surface area contributed by atoms with Crippen molar-refractivity contribution in [3.05, 3.63) is 46.8 Å². The molecule has 0 unspecified atom stereocenters. The number of carbonyl (C=O) groups excluding carboxylic acids is 2. The maximum Gasteiger partial charge on any atom is 0.292 e. The molecular formula is C26H34ClN3O4. The molecule has 2 aliphatic rings. The minimum absolute atomic E-state index is 0.144. The van der Waals surface area contributed by atoms with Gasteiger partial charge in [0.1, 0.15) is 5.75 Å². The smallest absolute Gasteiger partial charge is 0.292 e. The van der Waals surface area contributed by atoms with Crippen LogP contribution >= 0.6 is 11.6 Å². The minimum Gasteiger partial charge on any atom is -0.493 e. The second kappa shape index (κ2) is 10.8. The highest BCUT2D eigenvalue weighted by atomic mass is 35.5. The first-order valence-corrected chi connectivity index (χ1v) is 12.7. The molecule has 184 valence electrons. The third-order valence-corrected chi connectivity index (χ3v) is 7.09. The fraction of sp³-hybridized carbons (Fsp3) is 0.577. The third-order valence-electron chi connectivity index (χ3n) is 6.86. The predicted octanol–water partition coefficient (Wildman–Crippen LogP) is 5.16. The Bertz CT molecular complexity index is 1000. The van der Waals surface area contributed by atoms with Gasteiger partial charge in [0, 0.05) is 49.1 Å². The van der Waals surface area contributed by atoms with Crippen LogP contribution in [0.1, 0.15) is 74.5 Å². The van der Waals surface area contributed by atoms with Crippen LogP contribution in [0.2, 0.25) is 5.02 Å². The molecule has 0 spiro atoms. The molecule has 2 fully saturated rings. The molecule has 0 bridgehead atoms. The van der Waals surface area contributed by atoms with Gasteiger partial charge in [0.2, 0.25) is 11.7 Å². The zero-order valence-electron chi connectivity index (χ0n) is 20.1. The minimum atomic E-state index is -0.480. The Hall–Kier alpha value is -2.54. The number of nitrogens with zero attached hydrogens (tertiary/aromatic N) is 3. The SMILES string of the molecule is CC(C)c1cc(C(=O)N2CCC[C@](COc3cccc(Cl)c3)(CC(=O)N3CCCCC3)C2)on1. The van der Waals surface area contributed by atoms with Crippen molar-refractivity contribution in [3.8, 4) is 5.75 Å². The van der Waals surface area contributed by atoms with E-state index in [2.05, 4.69) is 5.16 Å². The highest BCUT2D eigenvalue weighted by Gasteiger charge is 2.41. The van der Waals surface area contributed by atoms with Crippen molar-refractivity contribution in [2.24, 2.45) is 5.41 Å². The molecule has 8 heteroatoms. The van der Waals surface area contributed by atoms with E-state index in [0.29, 0.717) is 36.9 Å². The molecule has 0 aliphatic carbocycles. The fourth-order valence-electron chi connectivity index (χ4n) is 4.88. The maximum absolute atomic E-state index is 13.3. The summed E-state index contributed by atoms with van der Waals surface area (Å²) < 4.78 is 11.5. The van der Waals surface area contributed by atoms with Crippen LogP contribution in [0.25, 0.3) is 0 Å². The van der Waals surface area contributed by atoms with Gasteiger partial charge in [-0.2, -0.15) is 0 Å². The van der Waals surface area contributed by atoms with E-state index in [9.17, 15) is 9.59 Å². The van der Waals surface area contributed by atoms with Crippen LogP contribution in [-0.2, 0) is 4.79 Å². The Kier molecular flexibility index (Phi) is 7.81. The van der Waals surface area contributed by atoms with Crippen LogP contribution in [0.15, 0.2) is 34.9 Å². The molecule has 1 aromatic carbocycles. The molecule has 0 radical (unpaired) electrons. The Morgan fingerprint density at radius 1 is 1.12 bits per heavy atom. The van der Waals surface area contributed by atoms with Gasteiger partial charge in [-0.1, -0.05) is 36.7 Å². The lowest BCUT2D eigenvalue weighted by atomic mass is 9.77. The van der Waals surface area contributed by atoms with Crippen molar-refractivity contribution in [2.45, 2.75) is 58.3 Å². The van der Waals surface area contributed by atoms with E-state index < -0.39 is 5.41 Å². The van der Waals surface area contributed by atoms with E-state index in [1.807, 2.05) is 30.9 Å². The molecule has 0 saturated carbocycles. The fourth-order valence-corrected chi connectivity index (χ4v) is 5.06. The normalized spacial score (nSPS) is 21.1. The molecule has 3 heterocycles. The Balaban J connectivity index is 1.52. The van der Waals surface area contributed by atoms with Crippen molar-refractivity contribution < 1.29 is 18.8 Å². The number of likely N-dealkylation sites (tertiary alicyclic amines) is 2. The zero-order valence-corrected chi connectivity index (χ0v) is 20.9. The van der Waals surface area contributed by atoms with E-state index in [1.54, 1.807) is 23.1 Å². The summed E-state index contributed by atoms with van der Waals surface area (Å²) in [4.78, 5) is 30.3. The van der Waals surface area contributed by atoms with Crippen LogP contribution in [0.5, 0.6) is 5.75 Å². The summed E-state index contributed by atoms with van der Waals surface area (Å²) in [5, 5.41) is 4.64. The van der Waals surface area contributed by atoms with Crippen molar-refractivity contribution >= 4 is 23.4 Å². The van der Waals surface area contributed by atoms with Gasteiger partial charge in [0.25, 0.3) is 5.91 Å². The van der Waals surface area contributed by atoms with Crippen LogP contribution in [0, 0.1) is 5.41 Å². The standard InChI is InChI=1S/C26H34ClN3O4/c1-19(2)22-15-23(34-28-22)25(32)30-13-7-10-26(17-30,16-24(31)29-11-4-3-5-12-29)18-33-21-9-6-8-20(27)14-21/h6,8-9,14-15,19H,3-5,7,10-13,16-18H2,1-2H3/t26-/m0/s1. The third kappa shape index (κ3) is 5.93. The summed E-state index contributed by atoms with van der Waals surface area (Å²) in [7, 11) is 0. The van der Waals surface area contributed by atoms with E-state index in [0.717, 1.165) is 44.5 Å². The largest absolute Gasteiger partial charge is 0.493 e. The van der Waals surface area contributed by atoms with E-state index in [4.69, 9.17) is 20.9 Å². The highest BCUT2D eigenvalue weighted by molar-refractivity contribution is 6.30. The number of piperidine rings is 2. The van der Waals surface area contributed by atoms with Crippen molar-refractivity contribution in [2.75, 3.05) is 32.8 Å². The molecule has 4 rings (SSSR count). The number of halogens is 1. The van der Waals surface area contributed by atoms with Crippen LogP contribution in [0.4, 0.5) is 0 Å². The summed E-state index contributed by atoms with van der Waals surface area (Å²) in [6, 6.07) is 9.00. The molecule has 7 nitrogen and oxygen atoms in total. The Morgan fingerprint density at radius 3 is 2.59 bits per heavy atom. The lowest BCUT2D eigenvalue weighted by molar-refractivity contribution is -0.136. The van der Waals surface area contributed by atoms with Crippen molar-refractivity contribution in [1.82, 2.24) is 15.0 Å². The number of hydrogen-bond donors (Lipinski definition) is 0. The molecule has 1 aromatic heterocycles. The molecular weight excluding hydrogens is 454 g/mol. The number of rotatable bonds is 7. The number of carbonyl (C=O) groups is 2. The Labute approximate surface area is 206 Å². The van der Waals surface area contributed by atoms with E-state index >= 15 is 0 Å². The monoisotopic (exact) mass is 487 g/mol. The maximum atomic E-state index is 13.3. The highest BCUT2D eigenvalue weighted by Crippen LogP contribution is 2.36. The molecule has 2 aliphatic heterocycles. The average Bonchev–Trinajstić information content (AvgIpc) is 3.34. The van der Waals surface area contributed by atoms with Crippen LogP contribution < -0.4 is 4.74 Å². The van der Waals surface area contributed by atoms with Gasteiger partial charge >= 0.3 is 0 Å². The average molecular weight is 488 g/mol. The van der Waals surface area contributed by atoms with Gasteiger partial charge in [0.05, 0.1) is 12.3 Å². The van der Waals surface area contributed by atoms with Gasteiger partial charge in [-0.05, 0) is 56.2 Å². The van der Waals surface area contributed by atoms with Gasteiger partial charge in [0.15, 0.2) is 0 Å². The molecule has 2 amide bonds. The van der Waals surface area contributed by atoms with E-state index in [-0.39, 0.29) is 23.5 Å². The first kappa shape index (κ1) is 24.6. The lowest BCUT2D eigenvalue weighted by Crippen LogP contribution is -2.51. The number of benzene rings is 1. The summed E-state index contributed by atoms with van der Waals surface area (Å²) in [6.07, 6.45) is 5.22. The van der Waals surface area contributed by atoms with Crippen molar-refractivity contribution in [3.63, 3.8) is 0 Å². The number of hydrogen-bond acceptors (Lipinski definition) is 5. The molecule has 0 N–H and O–H groups in total. The number of ether oxygens (including phenoxy) is 1. The number of aromatic nitrogens is 1. The molecule has 1 atom stereocenters. The van der Waals surface area contributed by atoms with Gasteiger partial charge in [-0.3, -0.25) is 9.59 Å². The summed E-state index contributed by atoms with van der Waals surface area (Å²) in [5.74, 6) is 1.05. The quantitative estimate of drug-likeness (QED) is 0.539. The second-order valence-corrected chi connectivity index (χ2v) is 10.4. The molecule has 34 heavy (non-hydrogen) atoms. The summed E-state index contributed by atoms with van der Waals surface area (Å²) in [6.45, 7) is 7.03. The first-order chi connectivity index (χ1) is 16.3. The lowest BCUT2D eigenvalue weighted by Gasteiger charge is -2.43. The summed E-state index contributed by atoms with van der Waals surface area (Å²) >= 11 is 6.13. The topological polar surface area (TPSA) is 75.9 Å². The van der Waals surface area contributed by atoms with Crippen LogP contribution in [0.3, 0.4) is 0 Å². The predicted molar refractivity (Wildman–Crippen MR) is 130 cm³/mol. The number of amides is 2. The molecule has 2 aromatic rings.